The van der Waals surface area contributed by atoms with Gasteiger partial charge in [0.1, 0.15) is 11.5 Å². The predicted octanol–water partition coefficient (Wildman–Crippen LogP) is 1.38. The first-order valence-electron chi connectivity index (χ1n) is 5.21. The molecule has 1 saturated heterocycles. The quantitative estimate of drug-likeness (QED) is 0.788. The maximum absolute atomic E-state index is 5.49. The van der Waals surface area contributed by atoms with Crippen molar-refractivity contribution in [3.8, 4) is 0 Å². The first-order chi connectivity index (χ1) is 6.74. The lowest BCUT2D eigenvalue weighted by molar-refractivity contribution is 0.388. The monoisotopic (exact) mass is 194 g/mol. The van der Waals surface area contributed by atoms with E-state index in [0.29, 0.717) is 6.04 Å². The summed E-state index contributed by atoms with van der Waals surface area (Å²) >= 11 is 0. The molecule has 14 heavy (non-hydrogen) atoms. The van der Waals surface area contributed by atoms with E-state index in [1.165, 1.54) is 13.0 Å². The van der Waals surface area contributed by atoms with Gasteiger partial charge in [-0.2, -0.15) is 0 Å². The number of likely N-dealkylation sites (tertiary alicyclic amines) is 1. The number of hydrogen-bond donors (Lipinski definition) is 1. The van der Waals surface area contributed by atoms with Gasteiger partial charge >= 0.3 is 0 Å². The van der Waals surface area contributed by atoms with Crippen molar-refractivity contribution in [2.75, 3.05) is 20.1 Å². The van der Waals surface area contributed by atoms with Gasteiger partial charge in [-0.1, -0.05) is 0 Å². The van der Waals surface area contributed by atoms with E-state index in [-0.39, 0.29) is 0 Å². The zero-order valence-corrected chi connectivity index (χ0v) is 8.92. The fraction of sp³-hybridized carbons (Fsp3) is 0.636. The molecule has 1 N–H and O–H groups in total. The molecule has 0 unspecified atom stereocenters. The molecule has 1 aliphatic heterocycles. The highest BCUT2D eigenvalue weighted by Crippen LogP contribution is 2.09. The molecule has 3 nitrogen and oxygen atoms in total. The maximum Gasteiger partial charge on any atom is 0.117 e. The van der Waals surface area contributed by atoms with Crippen LogP contribution < -0.4 is 5.32 Å². The number of nitrogens with one attached hydrogen (secondary N) is 1. The minimum Gasteiger partial charge on any atom is -0.465 e. The highest BCUT2D eigenvalue weighted by Gasteiger charge is 2.18. The van der Waals surface area contributed by atoms with Gasteiger partial charge in [0.15, 0.2) is 0 Å². The normalized spacial score (nSPS) is 23.1. The molecule has 1 aromatic heterocycles. The SMILES string of the molecule is Cc1ccc(CN[C@H]2CCN(C)C2)o1. The molecular weight excluding hydrogens is 176 g/mol. The average molecular weight is 194 g/mol. The fourth-order valence-electron chi connectivity index (χ4n) is 1.93. The molecule has 0 amide bonds. The number of nitrogens with zero attached hydrogens (tertiary/aromatic N) is 1. The topological polar surface area (TPSA) is 28.4 Å². The van der Waals surface area contributed by atoms with E-state index in [2.05, 4.69) is 17.3 Å². The van der Waals surface area contributed by atoms with Crippen molar-refractivity contribution in [1.29, 1.82) is 0 Å². The van der Waals surface area contributed by atoms with E-state index >= 15 is 0 Å². The van der Waals surface area contributed by atoms with E-state index < -0.39 is 0 Å². The Balaban J connectivity index is 1.77. The number of rotatable bonds is 3. The van der Waals surface area contributed by atoms with E-state index in [1.54, 1.807) is 0 Å². The molecule has 1 aromatic rings. The van der Waals surface area contributed by atoms with Crippen molar-refractivity contribution in [3.05, 3.63) is 23.7 Å². The molecular formula is C11H18N2O. The molecule has 1 aliphatic rings. The van der Waals surface area contributed by atoms with Crippen LogP contribution in [-0.2, 0) is 6.54 Å². The Bertz CT molecular complexity index is 295. The third-order valence-electron chi connectivity index (χ3n) is 2.75. The molecule has 0 radical (unpaired) electrons. The van der Waals surface area contributed by atoms with Gasteiger partial charge in [-0.05, 0) is 39.1 Å². The largest absolute Gasteiger partial charge is 0.465 e. The fourth-order valence-corrected chi connectivity index (χ4v) is 1.93. The van der Waals surface area contributed by atoms with Crippen LogP contribution in [0.5, 0.6) is 0 Å². The molecule has 3 heteroatoms. The summed E-state index contributed by atoms with van der Waals surface area (Å²) in [4.78, 5) is 2.35. The van der Waals surface area contributed by atoms with Crippen LogP contribution in [-0.4, -0.2) is 31.1 Å². The molecule has 0 bridgehead atoms. The van der Waals surface area contributed by atoms with Gasteiger partial charge in [-0.25, -0.2) is 0 Å². The third kappa shape index (κ3) is 2.36. The van der Waals surface area contributed by atoms with Crippen LogP contribution in [0.3, 0.4) is 0 Å². The summed E-state index contributed by atoms with van der Waals surface area (Å²) in [5, 5.41) is 3.51. The van der Waals surface area contributed by atoms with Crippen molar-refractivity contribution in [1.82, 2.24) is 10.2 Å². The van der Waals surface area contributed by atoms with E-state index in [0.717, 1.165) is 24.6 Å². The zero-order valence-electron chi connectivity index (χ0n) is 8.92. The molecule has 1 atom stereocenters. The van der Waals surface area contributed by atoms with Crippen molar-refractivity contribution < 1.29 is 4.42 Å². The third-order valence-corrected chi connectivity index (χ3v) is 2.75. The Kier molecular flexibility index (Phi) is 2.89. The number of likely N-dealkylation sites (N-methyl/N-ethyl adjacent to an activating group) is 1. The second kappa shape index (κ2) is 4.15. The number of aryl methyl sites for hydroxylation is 1. The van der Waals surface area contributed by atoms with Crippen molar-refractivity contribution in [2.24, 2.45) is 0 Å². The first-order valence-corrected chi connectivity index (χ1v) is 5.21. The molecule has 0 spiro atoms. The van der Waals surface area contributed by atoms with Gasteiger partial charge in [0.2, 0.25) is 0 Å². The summed E-state index contributed by atoms with van der Waals surface area (Å²) in [6, 6.07) is 4.68. The smallest absolute Gasteiger partial charge is 0.117 e. The van der Waals surface area contributed by atoms with E-state index in [1.807, 2.05) is 19.1 Å². The van der Waals surface area contributed by atoms with Crippen LogP contribution in [0.2, 0.25) is 0 Å². The molecule has 2 rings (SSSR count). The minimum absolute atomic E-state index is 0.630. The summed E-state index contributed by atoms with van der Waals surface area (Å²) in [5.74, 6) is 2.03. The standard InChI is InChI=1S/C11H18N2O/c1-9-3-4-11(14-9)7-12-10-5-6-13(2)8-10/h3-4,10,12H,5-8H2,1-2H3/t10-/m0/s1. The van der Waals surface area contributed by atoms with Crippen LogP contribution in [0, 0.1) is 6.92 Å². The Morgan fingerprint density at radius 3 is 3.00 bits per heavy atom. The van der Waals surface area contributed by atoms with Crippen LogP contribution in [0.4, 0.5) is 0 Å². The highest BCUT2D eigenvalue weighted by molar-refractivity contribution is 5.05. The van der Waals surface area contributed by atoms with E-state index in [4.69, 9.17) is 4.42 Å². The summed E-state index contributed by atoms with van der Waals surface area (Å²) in [5.41, 5.74) is 0. The molecule has 78 valence electrons. The summed E-state index contributed by atoms with van der Waals surface area (Å²) in [7, 11) is 2.17. The second-order valence-electron chi connectivity index (χ2n) is 4.14. The lowest BCUT2D eigenvalue weighted by atomic mass is 10.2. The van der Waals surface area contributed by atoms with Gasteiger partial charge in [-0.3, -0.25) is 0 Å². The average Bonchev–Trinajstić information content (AvgIpc) is 2.72. The van der Waals surface area contributed by atoms with Gasteiger partial charge < -0.3 is 14.6 Å². The van der Waals surface area contributed by atoms with Crippen molar-refractivity contribution in [2.45, 2.75) is 25.9 Å². The molecule has 0 saturated carbocycles. The number of hydrogen-bond acceptors (Lipinski definition) is 3. The Hall–Kier alpha value is -0.800. The van der Waals surface area contributed by atoms with Crippen molar-refractivity contribution >= 4 is 0 Å². The van der Waals surface area contributed by atoms with Crippen LogP contribution in [0.15, 0.2) is 16.5 Å². The zero-order chi connectivity index (χ0) is 9.97. The first kappa shape index (κ1) is 9.74. The minimum atomic E-state index is 0.630. The Morgan fingerprint density at radius 1 is 1.57 bits per heavy atom. The Morgan fingerprint density at radius 2 is 2.43 bits per heavy atom. The highest BCUT2D eigenvalue weighted by atomic mass is 16.3. The summed E-state index contributed by atoms with van der Waals surface area (Å²) < 4.78 is 5.49. The lowest BCUT2D eigenvalue weighted by Gasteiger charge is -2.11. The summed E-state index contributed by atoms with van der Waals surface area (Å²) in [6.07, 6.45) is 1.25. The second-order valence-corrected chi connectivity index (χ2v) is 4.14. The van der Waals surface area contributed by atoms with Gasteiger partial charge in [0.25, 0.3) is 0 Å². The maximum atomic E-state index is 5.49. The van der Waals surface area contributed by atoms with Gasteiger partial charge in [-0.15, -0.1) is 0 Å². The van der Waals surface area contributed by atoms with Gasteiger partial charge in [0, 0.05) is 12.6 Å². The predicted molar refractivity (Wildman–Crippen MR) is 56.2 cm³/mol. The van der Waals surface area contributed by atoms with E-state index in [9.17, 15) is 0 Å². The van der Waals surface area contributed by atoms with Crippen LogP contribution in [0.1, 0.15) is 17.9 Å². The van der Waals surface area contributed by atoms with Gasteiger partial charge in [0.05, 0.1) is 6.54 Å². The molecule has 2 heterocycles. The Labute approximate surface area is 85.1 Å². The van der Waals surface area contributed by atoms with Crippen LogP contribution >= 0.6 is 0 Å². The van der Waals surface area contributed by atoms with Crippen LogP contribution in [0.25, 0.3) is 0 Å². The number of furan rings is 1. The molecule has 0 aliphatic carbocycles. The molecule has 0 aromatic carbocycles. The summed E-state index contributed by atoms with van der Waals surface area (Å²) in [6.45, 7) is 5.19. The van der Waals surface area contributed by atoms with Crippen molar-refractivity contribution in [3.63, 3.8) is 0 Å². The molecule has 1 fully saturated rings. The lowest BCUT2D eigenvalue weighted by Crippen LogP contribution is -2.30.